The summed E-state index contributed by atoms with van der Waals surface area (Å²) in [5.41, 5.74) is 2.57. The van der Waals surface area contributed by atoms with Gasteiger partial charge in [-0.3, -0.25) is 14.9 Å². The van der Waals surface area contributed by atoms with E-state index in [1.54, 1.807) is 31.2 Å². The molecular weight excluding hydrogens is 464 g/mol. The molecule has 1 saturated heterocycles. The Hall–Kier alpha value is -3.13. The predicted octanol–water partition coefficient (Wildman–Crippen LogP) is 4.53. The van der Waals surface area contributed by atoms with E-state index in [1.165, 1.54) is 6.08 Å². The average Bonchev–Trinajstić information content (AvgIpc) is 2.69. The van der Waals surface area contributed by atoms with Crippen LogP contribution in [0.4, 0.5) is 10.5 Å². The number of anilines is 1. The van der Waals surface area contributed by atoms with Crippen molar-refractivity contribution in [2.24, 2.45) is 0 Å². The molecule has 0 aliphatic carbocycles. The number of imide groups is 2. The second kappa shape index (κ2) is 9.34. The van der Waals surface area contributed by atoms with Crippen LogP contribution < -0.4 is 19.7 Å². The van der Waals surface area contributed by atoms with Crippen LogP contribution in [-0.2, 0) is 9.59 Å². The van der Waals surface area contributed by atoms with Crippen LogP contribution in [0, 0.1) is 13.8 Å². The highest BCUT2D eigenvalue weighted by Crippen LogP contribution is 2.38. The molecule has 1 N–H and O–H groups in total. The van der Waals surface area contributed by atoms with Crippen molar-refractivity contribution in [1.29, 1.82) is 0 Å². The lowest BCUT2D eigenvalue weighted by Crippen LogP contribution is -2.54. The first-order valence-corrected chi connectivity index (χ1v) is 10.6. The lowest BCUT2D eigenvalue weighted by atomic mass is 10.0. The standard InChI is InChI=1S/C23H23BrN2O5/c1-5-30-19-12-15(11-17(24)20(19)31-6-2)10-16-21(27)25-23(29)26(22(16)28)18-8-7-13(3)9-14(18)4/h7-12H,5-6H2,1-4H3,(H,25,27,29)/b16-10+. The van der Waals surface area contributed by atoms with Gasteiger partial charge in [-0.05, 0) is 79.0 Å². The maximum atomic E-state index is 13.2. The maximum absolute atomic E-state index is 13.2. The number of nitrogens with zero attached hydrogens (tertiary/aromatic N) is 1. The Balaban J connectivity index is 2.06. The van der Waals surface area contributed by atoms with Gasteiger partial charge < -0.3 is 9.47 Å². The van der Waals surface area contributed by atoms with Gasteiger partial charge >= 0.3 is 6.03 Å². The molecule has 31 heavy (non-hydrogen) atoms. The van der Waals surface area contributed by atoms with E-state index in [4.69, 9.17) is 9.47 Å². The second-order valence-electron chi connectivity index (χ2n) is 6.94. The first-order valence-electron chi connectivity index (χ1n) is 9.84. The SMILES string of the molecule is CCOc1cc(/C=C2\C(=O)NC(=O)N(c3ccc(C)cc3C)C2=O)cc(Br)c1OCC. The number of carbonyl (C=O) groups excluding carboxylic acids is 3. The van der Waals surface area contributed by atoms with Crippen molar-refractivity contribution in [3.05, 3.63) is 57.1 Å². The zero-order valence-electron chi connectivity index (χ0n) is 17.7. The number of urea groups is 1. The van der Waals surface area contributed by atoms with Gasteiger partial charge in [0, 0.05) is 0 Å². The van der Waals surface area contributed by atoms with Gasteiger partial charge in [0.05, 0.1) is 23.4 Å². The average molecular weight is 487 g/mol. The van der Waals surface area contributed by atoms with Gasteiger partial charge in [0.2, 0.25) is 0 Å². The minimum Gasteiger partial charge on any atom is -0.490 e. The summed E-state index contributed by atoms with van der Waals surface area (Å²) in [6.07, 6.45) is 1.43. The number of benzene rings is 2. The van der Waals surface area contributed by atoms with Crippen molar-refractivity contribution in [2.45, 2.75) is 27.7 Å². The first-order chi connectivity index (χ1) is 14.8. The molecule has 3 rings (SSSR count). The minimum absolute atomic E-state index is 0.155. The topological polar surface area (TPSA) is 84.9 Å². The Bertz CT molecular complexity index is 1090. The summed E-state index contributed by atoms with van der Waals surface area (Å²) < 4.78 is 11.9. The second-order valence-corrected chi connectivity index (χ2v) is 7.80. The van der Waals surface area contributed by atoms with E-state index >= 15 is 0 Å². The fourth-order valence-corrected chi connectivity index (χ4v) is 3.89. The van der Waals surface area contributed by atoms with E-state index in [-0.39, 0.29) is 5.57 Å². The van der Waals surface area contributed by atoms with Crippen molar-refractivity contribution in [2.75, 3.05) is 18.1 Å². The first kappa shape index (κ1) is 22.6. The maximum Gasteiger partial charge on any atom is 0.335 e. The predicted molar refractivity (Wildman–Crippen MR) is 121 cm³/mol. The summed E-state index contributed by atoms with van der Waals surface area (Å²) in [6.45, 7) is 8.31. The molecule has 2 aromatic rings. The number of hydrogen-bond acceptors (Lipinski definition) is 5. The van der Waals surface area contributed by atoms with Crippen molar-refractivity contribution < 1.29 is 23.9 Å². The number of nitrogens with one attached hydrogen (secondary N) is 1. The third-order valence-corrected chi connectivity index (χ3v) is 5.22. The van der Waals surface area contributed by atoms with Crippen LogP contribution in [0.25, 0.3) is 6.08 Å². The fraction of sp³-hybridized carbons (Fsp3) is 0.261. The van der Waals surface area contributed by atoms with Crippen molar-refractivity contribution >= 4 is 45.5 Å². The molecule has 1 fully saturated rings. The van der Waals surface area contributed by atoms with Crippen LogP contribution in [-0.4, -0.2) is 31.1 Å². The third kappa shape index (κ3) is 4.64. The Morgan fingerprint density at radius 2 is 1.74 bits per heavy atom. The lowest BCUT2D eigenvalue weighted by molar-refractivity contribution is -0.122. The van der Waals surface area contributed by atoms with E-state index < -0.39 is 17.8 Å². The summed E-state index contributed by atoms with van der Waals surface area (Å²) >= 11 is 3.45. The van der Waals surface area contributed by atoms with Gasteiger partial charge in [0.25, 0.3) is 11.8 Å². The molecule has 0 spiro atoms. The summed E-state index contributed by atoms with van der Waals surface area (Å²) in [5.74, 6) is -0.419. The van der Waals surface area contributed by atoms with Gasteiger partial charge in [-0.1, -0.05) is 17.7 Å². The van der Waals surface area contributed by atoms with Gasteiger partial charge in [0.1, 0.15) is 5.57 Å². The molecule has 0 unspecified atom stereocenters. The van der Waals surface area contributed by atoms with E-state index in [9.17, 15) is 14.4 Å². The summed E-state index contributed by atoms with van der Waals surface area (Å²) in [7, 11) is 0. The highest BCUT2D eigenvalue weighted by Gasteiger charge is 2.37. The fourth-order valence-electron chi connectivity index (χ4n) is 3.32. The molecule has 2 aromatic carbocycles. The monoisotopic (exact) mass is 486 g/mol. The molecular formula is C23H23BrN2O5. The molecule has 8 heteroatoms. The van der Waals surface area contributed by atoms with Crippen LogP contribution in [0.5, 0.6) is 11.5 Å². The van der Waals surface area contributed by atoms with E-state index in [0.717, 1.165) is 16.0 Å². The molecule has 0 saturated carbocycles. The van der Waals surface area contributed by atoms with Crippen molar-refractivity contribution in [3.8, 4) is 11.5 Å². The molecule has 0 aromatic heterocycles. The molecule has 0 bridgehead atoms. The van der Waals surface area contributed by atoms with Crippen LogP contribution in [0.1, 0.15) is 30.5 Å². The number of barbiturate groups is 1. The normalized spacial score (nSPS) is 15.3. The quantitative estimate of drug-likeness (QED) is 0.478. The lowest BCUT2D eigenvalue weighted by Gasteiger charge is -2.27. The van der Waals surface area contributed by atoms with Crippen LogP contribution in [0.2, 0.25) is 0 Å². The number of amides is 4. The smallest absolute Gasteiger partial charge is 0.335 e. The van der Waals surface area contributed by atoms with Crippen molar-refractivity contribution in [3.63, 3.8) is 0 Å². The molecule has 7 nitrogen and oxygen atoms in total. The molecule has 162 valence electrons. The summed E-state index contributed by atoms with van der Waals surface area (Å²) in [4.78, 5) is 39.1. The largest absolute Gasteiger partial charge is 0.490 e. The molecule has 1 heterocycles. The Morgan fingerprint density at radius 3 is 2.39 bits per heavy atom. The molecule has 0 radical (unpaired) electrons. The van der Waals surface area contributed by atoms with E-state index in [0.29, 0.717) is 40.4 Å². The Morgan fingerprint density at radius 1 is 1.03 bits per heavy atom. The summed E-state index contributed by atoms with van der Waals surface area (Å²) in [5, 5.41) is 2.25. The Labute approximate surface area is 189 Å². The number of ether oxygens (including phenoxy) is 2. The summed E-state index contributed by atoms with van der Waals surface area (Å²) in [6, 6.07) is 8.00. The van der Waals surface area contributed by atoms with Gasteiger partial charge in [-0.25, -0.2) is 9.69 Å². The third-order valence-electron chi connectivity index (χ3n) is 4.63. The minimum atomic E-state index is -0.776. The molecule has 1 aliphatic rings. The molecule has 0 atom stereocenters. The highest BCUT2D eigenvalue weighted by atomic mass is 79.9. The number of aryl methyl sites for hydroxylation is 2. The number of carbonyl (C=O) groups is 3. The number of hydrogen-bond donors (Lipinski definition) is 1. The molecule has 1 aliphatic heterocycles. The van der Waals surface area contributed by atoms with Crippen LogP contribution >= 0.6 is 15.9 Å². The zero-order valence-corrected chi connectivity index (χ0v) is 19.3. The Kier molecular flexibility index (Phi) is 6.80. The van der Waals surface area contributed by atoms with Gasteiger partial charge in [-0.15, -0.1) is 0 Å². The van der Waals surface area contributed by atoms with E-state index in [2.05, 4.69) is 21.2 Å². The van der Waals surface area contributed by atoms with Crippen LogP contribution in [0.15, 0.2) is 40.4 Å². The van der Waals surface area contributed by atoms with E-state index in [1.807, 2.05) is 26.8 Å². The van der Waals surface area contributed by atoms with Crippen molar-refractivity contribution in [1.82, 2.24) is 5.32 Å². The van der Waals surface area contributed by atoms with Gasteiger partial charge in [0.15, 0.2) is 11.5 Å². The number of halogens is 1. The van der Waals surface area contributed by atoms with Crippen LogP contribution in [0.3, 0.4) is 0 Å². The zero-order chi connectivity index (χ0) is 22.7. The van der Waals surface area contributed by atoms with Gasteiger partial charge in [-0.2, -0.15) is 0 Å². The number of rotatable bonds is 6. The highest BCUT2D eigenvalue weighted by molar-refractivity contribution is 9.10. The molecule has 4 amide bonds.